The van der Waals surface area contributed by atoms with Gasteiger partial charge < -0.3 is 20.1 Å². The van der Waals surface area contributed by atoms with E-state index in [0.29, 0.717) is 12.3 Å². The van der Waals surface area contributed by atoms with Gasteiger partial charge >= 0.3 is 0 Å². The van der Waals surface area contributed by atoms with Crippen LogP contribution in [-0.4, -0.2) is 54.1 Å². The number of fused-ring (bicyclic) bond motifs is 1. The van der Waals surface area contributed by atoms with E-state index in [0.717, 1.165) is 60.3 Å². The number of ether oxygens (including phenoxy) is 2. The van der Waals surface area contributed by atoms with Gasteiger partial charge in [-0.25, -0.2) is 13.9 Å². The quantitative estimate of drug-likeness (QED) is 0.683. The van der Waals surface area contributed by atoms with Crippen LogP contribution in [0.3, 0.4) is 0 Å². The minimum absolute atomic E-state index is 0.224. The molecule has 7 nitrogen and oxygen atoms in total. The number of nitrogens with two attached hydrogens (primary N) is 1. The first-order valence-corrected chi connectivity index (χ1v) is 11.2. The lowest BCUT2D eigenvalue weighted by Gasteiger charge is -2.45. The molecule has 30 heavy (non-hydrogen) atoms. The van der Waals surface area contributed by atoms with Crippen molar-refractivity contribution >= 4 is 21.4 Å². The van der Waals surface area contributed by atoms with Crippen molar-refractivity contribution in [2.45, 2.75) is 31.8 Å². The van der Waals surface area contributed by atoms with Crippen molar-refractivity contribution in [1.29, 1.82) is 0 Å². The molecule has 2 aromatic heterocycles. The van der Waals surface area contributed by atoms with Gasteiger partial charge in [-0.15, -0.1) is 5.10 Å². The molecule has 1 unspecified atom stereocenters. The summed E-state index contributed by atoms with van der Waals surface area (Å²) in [6, 6.07) is 4.52. The van der Waals surface area contributed by atoms with Gasteiger partial charge in [0.2, 0.25) is 10.1 Å². The first-order valence-electron chi connectivity index (χ1n) is 10.4. The zero-order chi connectivity index (χ0) is 20.7. The Morgan fingerprint density at radius 2 is 2.17 bits per heavy atom. The number of hydrogen-bond acceptors (Lipinski definition) is 7. The van der Waals surface area contributed by atoms with Gasteiger partial charge in [0.1, 0.15) is 11.6 Å². The highest BCUT2D eigenvalue weighted by atomic mass is 32.1. The molecule has 2 aliphatic rings. The summed E-state index contributed by atoms with van der Waals surface area (Å²) in [5, 5.41) is 5.80. The number of nitrogens with zero attached hydrogens (tertiary/aromatic N) is 4. The largest absolute Gasteiger partial charge is 0.496 e. The fourth-order valence-corrected chi connectivity index (χ4v) is 5.47. The smallest absolute Gasteiger partial charge is 0.214 e. The van der Waals surface area contributed by atoms with Crippen molar-refractivity contribution in [3.8, 4) is 17.0 Å². The molecule has 0 aliphatic carbocycles. The lowest BCUT2D eigenvalue weighted by molar-refractivity contribution is -0.0678. The van der Waals surface area contributed by atoms with Gasteiger partial charge in [0.05, 0.1) is 31.7 Å². The zero-order valence-corrected chi connectivity index (χ0v) is 17.8. The van der Waals surface area contributed by atoms with Gasteiger partial charge in [-0.3, -0.25) is 0 Å². The Morgan fingerprint density at radius 3 is 2.87 bits per heavy atom. The highest BCUT2D eigenvalue weighted by Gasteiger charge is 2.39. The monoisotopic (exact) mass is 431 g/mol. The molecular formula is C21H26FN5O2S. The van der Waals surface area contributed by atoms with Crippen LogP contribution in [-0.2, 0) is 4.74 Å². The van der Waals surface area contributed by atoms with Crippen molar-refractivity contribution in [3.63, 3.8) is 0 Å². The van der Waals surface area contributed by atoms with Crippen LogP contribution >= 0.6 is 11.3 Å². The summed E-state index contributed by atoms with van der Waals surface area (Å²) >= 11 is 1.58. The maximum atomic E-state index is 13.6. The van der Waals surface area contributed by atoms with E-state index >= 15 is 0 Å². The van der Waals surface area contributed by atoms with E-state index in [1.54, 1.807) is 23.6 Å². The number of piperidine rings is 1. The van der Waals surface area contributed by atoms with Gasteiger partial charge in [-0.1, -0.05) is 11.3 Å². The Labute approximate surface area is 178 Å². The highest BCUT2D eigenvalue weighted by Crippen LogP contribution is 2.42. The van der Waals surface area contributed by atoms with Gasteiger partial charge in [0, 0.05) is 31.3 Å². The summed E-state index contributed by atoms with van der Waals surface area (Å²) in [5.41, 5.74) is 7.61. The molecular weight excluding hydrogens is 405 g/mol. The van der Waals surface area contributed by atoms with Gasteiger partial charge in [-0.2, -0.15) is 0 Å². The Kier molecular flexibility index (Phi) is 5.12. The number of benzene rings is 1. The Hall–Kier alpha value is -2.23. The lowest BCUT2D eigenvalue weighted by Crippen LogP contribution is -2.46. The third-order valence-electron chi connectivity index (χ3n) is 6.49. The van der Waals surface area contributed by atoms with E-state index in [-0.39, 0.29) is 17.3 Å². The van der Waals surface area contributed by atoms with E-state index in [1.165, 1.54) is 25.7 Å². The maximum Gasteiger partial charge on any atom is 0.214 e. The molecule has 2 saturated heterocycles. The molecule has 0 radical (unpaired) electrons. The normalized spacial score (nSPS) is 21.4. The van der Waals surface area contributed by atoms with Crippen LogP contribution in [0.2, 0.25) is 0 Å². The fraction of sp³-hybridized carbons (Fsp3) is 0.524. The Balaban J connectivity index is 1.35. The van der Waals surface area contributed by atoms with Crippen LogP contribution in [0.25, 0.3) is 16.2 Å². The molecule has 3 aromatic rings. The number of aromatic nitrogens is 3. The molecule has 2 fully saturated rings. The highest BCUT2D eigenvalue weighted by molar-refractivity contribution is 7.20. The Morgan fingerprint density at radius 1 is 1.33 bits per heavy atom. The lowest BCUT2D eigenvalue weighted by atomic mass is 9.73. The van der Waals surface area contributed by atoms with Crippen LogP contribution in [0, 0.1) is 11.2 Å². The third kappa shape index (κ3) is 3.44. The fourth-order valence-electron chi connectivity index (χ4n) is 4.54. The Bertz CT molecular complexity index is 1030. The molecule has 0 bridgehead atoms. The second-order valence-electron chi connectivity index (χ2n) is 8.26. The second kappa shape index (κ2) is 7.79. The van der Waals surface area contributed by atoms with E-state index < -0.39 is 0 Å². The van der Waals surface area contributed by atoms with Crippen molar-refractivity contribution in [2.75, 3.05) is 38.3 Å². The topological polar surface area (TPSA) is 77.9 Å². The number of hydrogen-bond donors (Lipinski definition) is 1. The standard InChI is InChI=1S/C21H26FN5O2S/c1-28-18-10-14(22)2-3-16(18)17-12-24-19-27(17)25-20(30-19)26-8-6-21(7-9-26)5-4-15(11-23)29-13-21/h2-3,10,12,15H,4-9,11,13,23H2,1H3. The summed E-state index contributed by atoms with van der Waals surface area (Å²) in [6.07, 6.45) is 6.44. The molecule has 5 rings (SSSR count). The number of imidazole rings is 1. The van der Waals surface area contributed by atoms with E-state index in [4.69, 9.17) is 20.3 Å². The minimum atomic E-state index is -0.331. The van der Waals surface area contributed by atoms with Crippen LogP contribution < -0.4 is 15.4 Å². The van der Waals surface area contributed by atoms with Crippen molar-refractivity contribution in [2.24, 2.45) is 11.1 Å². The first-order chi connectivity index (χ1) is 14.6. The molecule has 1 spiro atoms. The first kappa shape index (κ1) is 19.7. The molecule has 4 heterocycles. The zero-order valence-electron chi connectivity index (χ0n) is 17.0. The molecule has 2 N–H and O–H groups in total. The van der Waals surface area contributed by atoms with E-state index in [2.05, 4.69) is 9.88 Å². The average Bonchev–Trinajstić information content (AvgIpc) is 3.36. The van der Waals surface area contributed by atoms with E-state index in [9.17, 15) is 4.39 Å². The van der Waals surface area contributed by atoms with Gasteiger partial charge in [-0.05, 0) is 43.2 Å². The molecule has 9 heteroatoms. The third-order valence-corrected chi connectivity index (χ3v) is 7.48. The van der Waals surface area contributed by atoms with Gasteiger partial charge in [0.25, 0.3) is 0 Å². The van der Waals surface area contributed by atoms with Crippen LogP contribution in [0.4, 0.5) is 9.52 Å². The van der Waals surface area contributed by atoms with Crippen molar-refractivity contribution in [3.05, 3.63) is 30.2 Å². The predicted octanol–water partition coefficient (Wildman–Crippen LogP) is 3.33. The van der Waals surface area contributed by atoms with Crippen molar-refractivity contribution < 1.29 is 13.9 Å². The summed E-state index contributed by atoms with van der Waals surface area (Å²) < 4.78 is 26.8. The predicted molar refractivity (Wildman–Crippen MR) is 115 cm³/mol. The molecule has 2 aliphatic heterocycles. The molecule has 160 valence electrons. The summed E-state index contributed by atoms with van der Waals surface area (Å²) in [6.45, 7) is 3.35. The minimum Gasteiger partial charge on any atom is -0.496 e. The molecule has 0 amide bonds. The number of halogens is 1. The summed E-state index contributed by atoms with van der Waals surface area (Å²) in [5.74, 6) is 0.140. The number of anilines is 1. The van der Waals surface area contributed by atoms with Crippen LogP contribution in [0.15, 0.2) is 24.4 Å². The average molecular weight is 432 g/mol. The van der Waals surface area contributed by atoms with Crippen LogP contribution in [0.5, 0.6) is 5.75 Å². The van der Waals surface area contributed by atoms with Gasteiger partial charge in [0.15, 0.2) is 0 Å². The molecule has 1 aromatic carbocycles. The summed E-state index contributed by atoms with van der Waals surface area (Å²) in [4.78, 5) is 7.68. The molecule has 1 atom stereocenters. The van der Waals surface area contributed by atoms with Crippen LogP contribution in [0.1, 0.15) is 25.7 Å². The molecule has 0 saturated carbocycles. The number of rotatable bonds is 4. The summed E-state index contributed by atoms with van der Waals surface area (Å²) in [7, 11) is 1.54. The number of methoxy groups -OCH3 is 1. The second-order valence-corrected chi connectivity index (χ2v) is 9.20. The SMILES string of the molecule is COc1cc(F)ccc1-c1cnc2sc(N3CCC4(CCC(CN)OC4)CC3)nn12. The van der Waals surface area contributed by atoms with E-state index in [1.807, 2.05) is 4.52 Å². The van der Waals surface area contributed by atoms with Crippen molar-refractivity contribution in [1.82, 2.24) is 14.6 Å². The maximum absolute atomic E-state index is 13.6.